The number of hydrogen-bond donors (Lipinski definition) is 1. The summed E-state index contributed by atoms with van der Waals surface area (Å²) in [6.07, 6.45) is 2.47. The number of piperazine rings is 1. The lowest BCUT2D eigenvalue weighted by Crippen LogP contribution is -2.51. The molecule has 8 heteroatoms. The highest BCUT2D eigenvalue weighted by Crippen LogP contribution is 2.27. The second-order valence-corrected chi connectivity index (χ2v) is 8.88. The summed E-state index contributed by atoms with van der Waals surface area (Å²) in [5.74, 6) is -0.246. The molecule has 1 N–H and O–H groups in total. The topological polar surface area (TPSA) is 86.8 Å². The first-order chi connectivity index (χ1) is 12.3. The normalized spacial score (nSPS) is 18.6. The second kappa shape index (κ2) is 7.36. The van der Waals surface area contributed by atoms with Crippen LogP contribution in [0.1, 0.15) is 24.0 Å². The lowest BCUT2D eigenvalue weighted by atomic mass is 10.2. The number of carbonyl (C=O) groups is 2. The second-order valence-electron chi connectivity index (χ2n) is 7.06. The van der Waals surface area contributed by atoms with E-state index in [0.717, 1.165) is 18.7 Å². The maximum absolute atomic E-state index is 12.4. The highest BCUT2D eigenvalue weighted by molar-refractivity contribution is 8.06. The number of sulfone groups is 1. The van der Waals surface area contributed by atoms with E-state index in [1.165, 1.54) is 18.9 Å². The van der Waals surface area contributed by atoms with Crippen molar-refractivity contribution < 1.29 is 18.0 Å². The molecule has 2 amide bonds. The molecule has 0 aromatic heterocycles. The van der Waals surface area contributed by atoms with Gasteiger partial charge in [0, 0.05) is 32.2 Å². The number of hydrogen-bond acceptors (Lipinski definition) is 5. The Labute approximate surface area is 154 Å². The average Bonchev–Trinajstić information content (AvgIpc) is 3.44. The van der Waals surface area contributed by atoms with Gasteiger partial charge in [-0.2, -0.15) is 0 Å². The van der Waals surface area contributed by atoms with Crippen LogP contribution in [0.15, 0.2) is 23.1 Å². The Balaban J connectivity index is 1.55. The van der Waals surface area contributed by atoms with Gasteiger partial charge in [0.15, 0.2) is 0 Å². The van der Waals surface area contributed by atoms with Gasteiger partial charge in [-0.25, -0.2) is 8.42 Å². The molecule has 0 radical (unpaired) electrons. The number of carbonyl (C=O) groups excluding carboxylic acids is 2. The molecular formula is C18H25N3O4S. The summed E-state index contributed by atoms with van der Waals surface area (Å²) >= 11 is 0. The van der Waals surface area contributed by atoms with Crippen LogP contribution < -0.4 is 5.32 Å². The van der Waals surface area contributed by atoms with Gasteiger partial charge in [0.1, 0.15) is 0 Å². The first kappa shape index (κ1) is 18.8. The van der Waals surface area contributed by atoms with Gasteiger partial charge in [-0.1, -0.05) is 17.7 Å². The Hall–Kier alpha value is -1.93. The van der Waals surface area contributed by atoms with Crippen LogP contribution in [0.5, 0.6) is 0 Å². The molecular weight excluding hydrogens is 354 g/mol. The van der Waals surface area contributed by atoms with Crippen LogP contribution in [0.25, 0.3) is 0 Å². The molecule has 7 nitrogen and oxygen atoms in total. The summed E-state index contributed by atoms with van der Waals surface area (Å²) in [5, 5.41) is 1.14. The standard InChI is InChI=1S/C18H25N3O4S/c1-13-3-6-16(14(2)11-13)26(24,25)18(23)19-12-17(22)21-9-7-20(8-10-21)15-4-5-15/h3,6,11,15H,4-5,7-10,12H2,1-2H3,(H,19,23). The third-order valence-electron chi connectivity index (χ3n) is 4.98. The van der Waals surface area contributed by atoms with Gasteiger partial charge in [0.25, 0.3) is 9.84 Å². The van der Waals surface area contributed by atoms with E-state index < -0.39 is 15.1 Å². The van der Waals surface area contributed by atoms with Crippen molar-refractivity contribution in [1.29, 1.82) is 0 Å². The SMILES string of the molecule is Cc1ccc(S(=O)(=O)C(=O)NCC(=O)N2CCN(C3CC3)CC2)c(C)c1. The molecule has 142 valence electrons. The summed E-state index contributed by atoms with van der Waals surface area (Å²) in [7, 11) is -4.15. The van der Waals surface area contributed by atoms with Crippen LogP contribution in [0.4, 0.5) is 4.79 Å². The number of nitrogens with one attached hydrogen (secondary N) is 1. The zero-order valence-electron chi connectivity index (χ0n) is 15.2. The molecule has 1 heterocycles. The summed E-state index contributed by atoms with van der Waals surface area (Å²) in [6, 6.07) is 5.47. The van der Waals surface area contributed by atoms with Gasteiger partial charge in [-0.05, 0) is 38.3 Å². The number of aryl methyl sites for hydroxylation is 2. The fourth-order valence-corrected chi connectivity index (χ4v) is 4.52. The van der Waals surface area contributed by atoms with Crippen molar-refractivity contribution in [2.24, 2.45) is 0 Å². The zero-order chi connectivity index (χ0) is 18.9. The van der Waals surface area contributed by atoms with Crippen LogP contribution >= 0.6 is 0 Å². The summed E-state index contributed by atoms with van der Waals surface area (Å²) in [6.45, 7) is 6.12. The lowest BCUT2D eigenvalue weighted by Gasteiger charge is -2.34. The first-order valence-electron chi connectivity index (χ1n) is 8.91. The van der Waals surface area contributed by atoms with E-state index in [9.17, 15) is 18.0 Å². The number of amides is 2. The van der Waals surface area contributed by atoms with Crippen molar-refractivity contribution in [3.8, 4) is 0 Å². The number of nitrogens with zero attached hydrogens (tertiary/aromatic N) is 2. The molecule has 1 aromatic carbocycles. The van der Waals surface area contributed by atoms with Crippen molar-refractivity contribution >= 4 is 21.0 Å². The Kier molecular flexibility index (Phi) is 5.34. The van der Waals surface area contributed by atoms with Crippen LogP contribution in [0.3, 0.4) is 0 Å². The van der Waals surface area contributed by atoms with Crippen molar-refractivity contribution in [2.75, 3.05) is 32.7 Å². The van der Waals surface area contributed by atoms with Gasteiger partial charge >= 0.3 is 5.24 Å². The van der Waals surface area contributed by atoms with Gasteiger partial charge in [-0.15, -0.1) is 0 Å². The fraction of sp³-hybridized carbons (Fsp3) is 0.556. The molecule has 0 unspecified atom stereocenters. The zero-order valence-corrected chi connectivity index (χ0v) is 16.0. The van der Waals surface area contributed by atoms with Crippen LogP contribution in [0, 0.1) is 13.8 Å². The quantitative estimate of drug-likeness (QED) is 0.846. The lowest BCUT2D eigenvalue weighted by molar-refractivity contribution is -0.131. The third-order valence-corrected chi connectivity index (χ3v) is 6.65. The smallest absolute Gasteiger partial charge is 0.339 e. The number of benzene rings is 1. The van der Waals surface area contributed by atoms with Crippen molar-refractivity contribution in [1.82, 2.24) is 15.1 Å². The molecule has 1 saturated heterocycles. The van der Waals surface area contributed by atoms with Gasteiger partial charge in [0.2, 0.25) is 5.91 Å². The molecule has 2 fully saturated rings. The molecule has 3 rings (SSSR count). The minimum Gasteiger partial charge on any atom is -0.339 e. The Morgan fingerprint density at radius 3 is 2.35 bits per heavy atom. The molecule has 0 bridgehead atoms. The third kappa shape index (κ3) is 4.07. The minimum absolute atomic E-state index is 0.0221. The van der Waals surface area contributed by atoms with Gasteiger partial charge in [0.05, 0.1) is 11.4 Å². The Morgan fingerprint density at radius 1 is 1.12 bits per heavy atom. The molecule has 1 aliphatic carbocycles. The van der Waals surface area contributed by atoms with E-state index >= 15 is 0 Å². The highest BCUT2D eigenvalue weighted by Gasteiger charge is 2.33. The van der Waals surface area contributed by atoms with Crippen molar-refractivity contribution in [2.45, 2.75) is 37.6 Å². The molecule has 1 saturated carbocycles. The Bertz CT molecular complexity index is 810. The van der Waals surface area contributed by atoms with E-state index in [0.29, 0.717) is 24.7 Å². The van der Waals surface area contributed by atoms with E-state index in [1.54, 1.807) is 24.0 Å². The largest absolute Gasteiger partial charge is 0.341 e. The van der Waals surface area contributed by atoms with Gasteiger partial charge < -0.3 is 10.2 Å². The molecule has 1 aliphatic heterocycles. The van der Waals surface area contributed by atoms with E-state index in [1.807, 2.05) is 6.92 Å². The molecule has 2 aliphatic rings. The summed E-state index contributed by atoms with van der Waals surface area (Å²) < 4.78 is 24.9. The van der Waals surface area contributed by atoms with E-state index in [4.69, 9.17) is 0 Å². The minimum atomic E-state index is -4.15. The summed E-state index contributed by atoms with van der Waals surface area (Å²) in [5.41, 5.74) is 1.44. The maximum atomic E-state index is 12.4. The monoisotopic (exact) mass is 379 g/mol. The average molecular weight is 379 g/mol. The molecule has 0 spiro atoms. The van der Waals surface area contributed by atoms with E-state index in [-0.39, 0.29) is 17.3 Å². The van der Waals surface area contributed by atoms with Crippen LogP contribution in [-0.2, 0) is 14.6 Å². The maximum Gasteiger partial charge on any atom is 0.341 e. The fourth-order valence-electron chi connectivity index (χ4n) is 3.33. The predicted molar refractivity (Wildman–Crippen MR) is 97.7 cm³/mol. The highest BCUT2D eigenvalue weighted by atomic mass is 32.2. The van der Waals surface area contributed by atoms with Crippen LogP contribution in [0.2, 0.25) is 0 Å². The number of rotatable bonds is 4. The molecule has 26 heavy (non-hydrogen) atoms. The molecule has 0 atom stereocenters. The predicted octanol–water partition coefficient (Wildman–Crippen LogP) is 1.09. The summed E-state index contributed by atoms with van der Waals surface area (Å²) in [4.78, 5) is 28.5. The van der Waals surface area contributed by atoms with Crippen LogP contribution in [-0.4, -0.2) is 68.1 Å². The first-order valence-corrected chi connectivity index (χ1v) is 10.4. The van der Waals surface area contributed by atoms with Crippen molar-refractivity contribution in [3.63, 3.8) is 0 Å². The van der Waals surface area contributed by atoms with E-state index in [2.05, 4.69) is 10.2 Å². The Morgan fingerprint density at radius 2 is 1.77 bits per heavy atom. The van der Waals surface area contributed by atoms with Gasteiger partial charge in [-0.3, -0.25) is 14.5 Å². The molecule has 1 aromatic rings. The van der Waals surface area contributed by atoms with Crippen molar-refractivity contribution in [3.05, 3.63) is 29.3 Å².